The van der Waals surface area contributed by atoms with Gasteiger partial charge in [0.05, 0.1) is 23.7 Å². The van der Waals surface area contributed by atoms with Crippen molar-refractivity contribution in [1.29, 1.82) is 5.41 Å². The number of phenolic OH excluding ortho intramolecular Hbond substituents is 1. The first kappa shape index (κ1) is 37.8. The smallest absolute Gasteiger partial charge is 0.247 e. The van der Waals surface area contributed by atoms with Crippen LogP contribution in [0.3, 0.4) is 0 Å². The van der Waals surface area contributed by atoms with Crippen molar-refractivity contribution in [2.75, 3.05) is 20.5 Å². The maximum Gasteiger partial charge on any atom is 0.247 e. The number of carbonyl (C=O) groups excluding carboxylic acids is 1. The Bertz CT molecular complexity index is 1660. The Labute approximate surface area is 296 Å². The SMILES string of the molecule is COC(=N)c1cc(Cl)cc(Cl)c1OC/C=C(\C)[C@H]1O[C@@H](Oc2ccc(/C=C(\C)C(=O)N[C@@H]3[C@H](O)[C@@H](O)[C@H]4OCO[C@H]4[C@@H]3O)cc2O)[C@@H](O)[C@@H]1O. The van der Waals surface area contributed by atoms with Gasteiger partial charge in [-0.25, -0.2) is 0 Å². The summed E-state index contributed by atoms with van der Waals surface area (Å²) in [4.78, 5) is 12.9. The summed E-state index contributed by atoms with van der Waals surface area (Å²) in [5.74, 6) is -1.13. The number of halogens is 2. The molecule has 2 aliphatic heterocycles. The van der Waals surface area contributed by atoms with Crippen LogP contribution in [0.15, 0.2) is 47.6 Å². The average Bonchev–Trinajstić information content (AvgIpc) is 3.68. The van der Waals surface area contributed by atoms with E-state index in [4.69, 9.17) is 57.0 Å². The van der Waals surface area contributed by atoms with E-state index in [0.717, 1.165) is 0 Å². The molecule has 50 heavy (non-hydrogen) atoms. The van der Waals surface area contributed by atoms with Gasteiger partial charge in [0.1, 0.15) is 62.2 Å². The highest BCUT2D eigenvalue weighted by Gasteiger charge is 2.53. The van der Waals surface area contributed by atoms with Crippen LogP contribution in [0.5, 0.6) is 17.2 Å². The quantitative estimate of drug-likeness (QED) is 0.0743. The van der Waals surface area contributed by atoms with E-state index in [1.807, 2.05) is 0 Å². The molecule has 10 atom stereocenters. The van der Waals surface area contributed by atoms with E-state index in [2.05, 4.69) is 5.32 Å². The highest BCUT2D eigenvalue weighted by molar-refractivity contribution is 6.36. The summed E-state index contributed by atoms with van der Waals surface area (Å²) in [5, 5.41) is 74.4. The van der Waals surface area contributed by atoms with Crippen LogP contribution in [0.4, 0.5) is 0 Å². The molecule has 2 aromatic rings. The molecule has 2 aromatic carbocycles. The molecule has 2 heterocycles. The fourth-order valence-corrected chi connectivity index (χ4v) is 6.41. The number of aliphatic hydroxyl groups excluding tert-OH is 5. The van der Waals surface area contributed by atoms with Crippen molar-refractivity contribution in [3.8, 4) is 17.2 Å². The number of amides is 1. The zero-order valence-electron chi connectivity index (χ0n) is 27.0. The van der Waals surface area contributed by atoms with E-state index < -0.39 is 67.1 Å². The van der Waals surface area contributed by atoms with Gasteiger partial charge < -0.3 is 64.4 Å². The van der Waals surface area contributed by atoms with Crippen molar-refractivity contribution in [2.24, 2.45) is 0 Å². The van der Waals surface area contributed by atoms with Crippen LogP contribution < -0.4 is 14.8 Å². The largest absolute Gasteiger partial charge is 0.504 e. The first-order valence-electron chi connectivity index (χ1n) is 15.4. The van der Waals surface area contributed by atoms with Crippen molar-refractivity contribution in [3.63, 3.8) is 0 Å². The third-order valence-corrected chi connectivity index (χ3v) is 9.13. The fourth-order valence-electron chi connectivity index (χ4n) is 5.86. The molecule has 3 fully saturated rings. The monoisotopic (exact) mass is 740 g/mol. The van der Waals surface area contributed by atoms with Gasteiger partial charge in [-0.2, -0.15) is 0 Å². The zero-order chi connectivity index (χ0) is 36.4. The average molecular weight is 742 g/mol. The second kappa shape index (κ2) is 15.8. The van der Waals surface area contributed by atoms with E-state index in [9.17, 15) is 35.4 Å². The van der Waals surface area contributed by atoms with Gasteiger partial charge in [0.15, 0.2) is 17.2 Å². The lowest BCUT2D eigenvalue weighted by Crippen LogP contribution is -2.67. The molecule has 1 saturated carbocycles. The Morgan fingerprint density at radius 3 is 2.38 bits per heavy atom. The zero-order valence-corrected chi connectivity index (χ0v) is 28.5. The van der Waals surface area contributed by atoms with Gasteiger partial charge >= 0.3 is 0 Å². The van der Waals surface area contributed by atoms with Crippen LogP contribution in [0.2, 0.25) is 10.0 Å². The van der Waals surface area contributed by atoms with E-state index in [1.165, 1.54) is 50.4 Å². The summed E-state index contributed by atoms with van der Waals surface area (Å²) in [6, 6.07) is 5.90. The van der Waals surface area contributed by atoms with Crippen LogP contribution in [0, 0.1) is 5.41 Å². The summed E-state index contributed by atoms with van der Waals surface area (Å²) in [6.45, 7) is 2.92. The first-order valence-corrected chi connectivity index (χ1v) is 16.2. The number of aromatic hydroxyl groups is 1. The Morgan fingerprint density at radius 2 is 1.70 bits per heavy atom. The number of benzene rings is 2. The summed E-state index contributed by atoms with van der Waals surface area (Å²) >= 11 is 12.3. The van der Waals surface area contributed by atoms with Gasteiger partial charge in [0, 0.05) is 10.6 Å². The third-order valence-electron chi connectivity index (χ3n) is 8.63. The molecule has 272 valence electrons. The number of carbonyl (C=O) groups is 1. The molecule has 0 bridgehead atoms. The summed E-state index contributed by atoms with van der Waals surface area (Å²) in [5.41, 5.74) is 1.26. The van der Waals surface area contributed by atoms with Crippen molar-refractivity contribution < 1.29 is 63.9 Å². The molecule has 0 spiro atoms. The summed E-state index contributed by atoms with van der Waals surface area (Å²) < 4.78 is 32.7. The van der Waals surface area contributed by atoms with Gasteiger partial charge in [0.25, 0.3) is 0 Å². The van der Waals surface area contributed by atoms with Gasteiger partial charge in [-0.3, -0.25) is 10.2 Å². The van der Waals surface area contributed by atoms with Crippen molar-refractivity contribution in [2.45, 2.75) is 75.0 Å². The lowest BCUT2D eigenvalue weighted by Gasteiger charge is -2.41. The molecular formula is C33H38Cl2N2O13. The predicted molar refractivity (Wildman–Crippen MR) is 177 cm³/mol. The van der Waals surface area contributed by atoms with Gasteiger partial charge in [-0.15, -0.1) is 0 Å². The number of phenols is 1. The number of nitrogens with one attached hydrogen (secondary N) is 2. The highest BCUT2D eigenvalue weighted by Crippen LogP contribution is 2.36. The van der Waals surface area contributed by atoms with Crippen LogP contribution >= 0.6 is 23.2 Å². The molecule has 17 heteroatoms. The minimum atomic E-state index is -1.51. The topological polar surface area (TPSA) is 230 Å². The summed E-state index contributed by atoms with van der Waals surface area (Å²) in [7, 11) is 1.32. The molecule has 8 N–H and O–H groups in total. The number of hydrogen-bond acceptors (Lipinski definition) is 14. The maximum absolute atomic E-state index is 12.9. The Hall–Kier alpha value is -3.48. The standard InChI is InChI=1S/C33H38Cl2N2O13/c1-13(6-7-46-28-17(31(36)45-3)10-16(34)11-18(28)35)27-25(42)26(43)33(50-27)49-20-5-4-15(9-19(20)38)8-14(2)32(44)37-21-22(39)24(41)30-29(23(21)40)47-12-48-30/h4-6,8-11,21-27,29-30,33,36,38-43H,7,12H2,1-3H3,(H,37,44)/b13-6+,14-8+,36-31?/t21-,22+,23-,24-,25+,26+,27-,29+,30-,33-/m1/s1. The van der Waals surface area contributed by atoms with E-state index in [1.54, 1.807) is 13.0 Å². The molecule has 2 saturated heterocycles. The number of fused-ring (bicyclic) bond motifs is 1. The highest BCUT2D eigenvalue weighted by atomic mass is 35.5. The predicted octanol–water partition coefficient (Wildman–Crippen LogP) is 1.25. The minimum absolute atomic E-state index is 0.0489. The van der Waals surface area contributed by atoms with Crippen LogP contribution in [-0.2, 0) is 23.7 Å². The molecule has 1 amide bonds. The fraction of sp³-hybridized carbons (Fsp3) is 0.455. The lowest BCUT2D eigenvalue weighted by molar-refractivity contribution is -0.155. The first-order chi connectivity index (χ1) is 23.7. The van der Waals surface area contributed by atoms with Crippen LogP contribution in [0.25, 0.3) is 6.08 Å². The molecular weight excluding hydrogens is 703 g/mol. The minimum Gasteiger partial charge on any atom is -0.504 e. The molecule has 0 aromatic heterocycles. The second-order valence-electron chi connectivity index (χ2n) is 12.0. The molecule has 0 unspecified atom stereocenters. The number of methoxy groups -OCH3 is 1. The van der Waals surface area contributed by atoms with E-state index >= 15 is 0 Å². The van der Waals surface area contributed by atoms with Gasteiger partial charge in [-0.05, 0) is 61.4 Å². The number of ether oxygens (including phenoxy) is 6. The molecule has 5 rings (SSSR count). The number of aliphatic hydroxyl groups is 5. The van der Waals surface area contributed by atoms with E-state index in [-0.39, 0.29) is 57.7 Å². The second-order valence-corrected chi connectivity index (χ2v) is 12.8. The molecule has 15 nitrogen and oxygen atoms in total. The Kier molecular flexibility index (Phi) is 11.9. The molecule has 3 aliphatic rings. The van der Waals surface area contributed by atoms with Crippen LogP contribution in [0.1, 0.15) is 25.0 Å². The van der Waals surface area contributed by atoms with Crippen LogP contribution in [-0.4, -0.2) is 124 Å². The van der Waals surface area contributed by atoms with Gasteiger partial charge in [-0.1, -0.05) is 29.3 Å². The van der Waals surface area contributed by atoms with Crippen molar-refractivity contribution in [3.05, 3.63) is 68.7 Å². The lowest BCUT2D eigenvalue weighted by atomic mass is 9.83. The van der Waals surface area contributed by atoms with E-state index in [0.29, 0.717) is 11.1 Å². The van der Waals surface area contributed by atoms with Gasteiger partial charge in [0.2, 0.25) is 18.1 Å². The number of rotatable bonds is 10. The Morgan fingerprint density at radius 1 is 1.00 bits per heavy atom. The maximum atomic E-state index is 12.9. The Balaban J connectivity index is 1.19. The molecule has 0 radical (unpaired) electrons. The third kappa shape index (κ3) is 7.87. The normalized spacial score (nSPS) is 31.2. The molecule has 1 aliphatic carbocycles. The van der Waals surface area contributed by atoms with Crippen molar-refractivity contribution >= 4 is 41.1 Å². The number of hydrogen-bond donors (Lipinski definition) is 8. The summed E-state index contributed by atoms with van der Waals surface area (Å²) in [6.07, 6.45) is -8.30. The van der Waals surface area contributed by atoms with Crippen molar-refractivity contribution in [1.82, 2.24) is 5.32 Å².